The van der Waals surface area contributed by atoms with E-state index in [2.05, 4.69) is 68.0 Å². The summed E-state index contributed by atoms with van der Waals surface area (Å²) in [6.07, 6.45) is 0.950. The number of carbonyl (C=O) groups excluding carboxylic acids is 2. The molecule has 0 saturated heterocycles. The van der Waals surface area contributed by atoms with Crippen LogP contribution in [0, 0.1) is 11.8 Å². The van der Waals surface area contributed by atoms with E-state index in [1.54, 1.807) is 19.2 Å². The quantitative estimate of drug-likeness (QED) is 0.294. The van der Waals surface area contributed by atoms with Crippen molar-refractivity contribution in [3.63, 3.8) is 0 Å². The van der Waals surface area contributed by atoms with Crippen molar-refractivity contribution in [3.8, 4) is 0 Å². The number of rotatable bonds is 13. The molecular weight excluding hydrogens is 500 g/mol. The van der Waals surface area contributed by atoms with Crippen molar-refractivity contribution in [2.75, 3.05) is 46.1 Å². The van der Waals surface area contributed by atoms with Gasteiger partial charge in [0.1, 0.15) is 0 Å². The first-order valence-electron chi connectivity index (χ1n) is 14.4. The molecule has 0 unspecified atom stereocenters. The number of carbonyl (C=O) groups is 2. The van der Waals surface area contributed by atoms with Crippen LogP contribution in [0.2, 0.25) is 0 Å². The van der Waals surface area contributed by atoms with Gasteiger partial charge >= 0.3 is 0 Å². The number of nitrogens with one attached hydrogen (secondary N) is 2. The van der Waals surface area contributed by atoms with E-state index in [1.165, 1.54) is 0 Å². The second kappa shape index (κ2) is 13.3. The Hall–Kier alpha value is -3.39. The van der Waals surface area contributed by atoms with Gasteiger partial charge in [-0.3, -0.25) is 9.59 Å². The van der Waals surface area contributed by atoms with Crippen molar-refractivity contribution in [3.05, 3.63) is 53.6 Å². The van der Waals surface area contributed by atoms with Gasteiger partial charge in [-0.05, 0) is 94.7 Å². The minimum Gasteiger partial charge on any atom is -0.355 e. The number of aromatic nitrogens is 2. The Morgan fingerprint density at radius 3 is 2.15 bits per heavy atom. The van der Waals surface area contributed by atoms with Crippen molar-refractivity contribution >= 4 is 34.5 Å². The fraction of sp³-hybridized carbons (Fsp3) is 0.531. The van der Waals surface area contributed by atoms with Gasteiger partial charge in [0.2, 0.25) is 11.9 Å². The maximum atomic E-state index is 13.9. The van der Waals surface area contributed by atoms with E-state index < -0.39 is 5.41 Å². The average molecular weight is 549 g/mol. The number of aryl methyl sites for hydroxylation is 1. The zero-order valence-electron chi connectivity index (χ0n) is 25.8. The number of amides is 2. The van der Waals surface area contributed by atoms with Gasteiger partial charge in [-0.1, -0.05) is 33.8 Å². The predicted molar refractivity (Wildman–Crippen MR) is 165 cm³/mol. The second-order valence-electron chi connectivity index (χ2n) is 12.4. The molecule has 8 heteroatoms. The van der Waals surface area contributed by atoms with Crippen LogP contribution in [-0.4, -0.2) is 71.9 Å². The largest absolute Gasteiger partial charge is 0.355 e. The first kappa shape index (κ1) is 31.1. The molecule has 218 valence electrons. The van der Waals surface area contributed by atoms with Gasteiger partial charge in [-0.15, -0.1) is 0 Å². The van der Waals surface area contributed by atoms with Crippen molar-refractivity contribution in [2.24, 2.45) is 11.8 Å². The average Bonchev–Trinajstić information content (AvgIpc) is 3.23. The summed E-state index contributed by atoms with van der Waals surface area (Å²) in [6.45, 7) is 15.9. The molecule has 3 aromatic rings. The summed E-state index contributed by atoms with van der Waals surface area (Å²) in [7, 11) is 5.77. The highest BCUT2D eigenvalue weighted by atomic mass is 16.2. The van der Waals surface area contributed by atoms with Gasteiger partial charge in [0.25, 0.3) is 5.91 Å². The monoisotopic (exact) mass is 548 g/mol. The minimum atomic E-state index is -0.681. The van der Waals surface area contributed by atoms with E-state index in [1.807, 2.05) is 43.0 Å². The molecule has 0 aliphatic heterocycles. The number of hydrogen-bond donors (Lipinski definition) is 2. The summed E-state index contributed by atoms with van der Waals surface area (Å²) >= 11 is 0. The van der Waals surface area contributed by atoms with Crippen LogP contribution < -0.4 is 10.6 Å². The standard InChI is InChI=1S/C32H48N6O2/c1-22(2)20-37(21-23(3)4)30(40)32(5,6)25-13-16-27-28(19-25)38(18-10-17-36(8)9)31(35-27)34-26-14-11-24(12-15-26)29(39)33-7/h11-16,19,22-23H,10,17-18,20-21H2,1-9H3,(H,33,39)(H,34,35). The van der Waals surface area contributed by atoms with E-state index >= 15 is 0 Å². The van der Waals surface area contributed by atoms with Crippen LogP contribution >= 0.6 is 0 Å². The molecular formula is C32H48N6O2. The molecule has 0 saturated carbocycles. The first-order valence-corrected chi connectivity index (χ1v) is 14.4. The van der Waals surface area contributed by atoms with Crippen molar-refractivity contribution in [2.45, 2.75) is 59.9 Å². The normalized spacial score (nSPS) is 12.0. The number of benzene rings is 2. The van der Waals surface area contributed by atoms with Gasteiger partial charge in [-0.25, -0.2) is 4.98 Å². The molecule has 3 rings (SSSR count). The van der Waals surface area contributed by atoms with E-state index in [4.69, 9.17) is 4.98 Å². The molecule has 40 heavy (non-hydrogen) atoms. The highest BCUT2D eigenvalue weighted by molar-refractivity contribution is 5.94. The van der Waals surface area contributed by atoms with E-state index in [-0.39, 0.29) is 11.8 Å². The van der Waals surface area contributed by atoms with Gasteiger partial charge in [0.15, 0.2) is 0 Å². The summed E-state index contributed by atoms with van der Waals surface area (Å²) in [5.41, 5.74) is 3.64. The third-order valence-electron chi connectivity index (χ3n) is 7.08. The Kier molecular flexibility index (Phi) is 10.4. The molecule has 1 aromatic heterocycles. The smallest absolute Gasteiger partial charge is 0.251 e. The Bertz CT molecular complexity index is 1280. The second-order valence-corrected chi connectivity index (χ2v) is 12.4. The Balaban J connectivity index is 2.00. The summed E-state index contributed by atoms with van der Waals surface area (Å²) in [4.78, 5) is 35.0. The van der Waals surface area contributed by atoms with Gasteiger partial charge < -0.3 is 25.0 Å². The third-order valence-corrected chi connectivity index (χ3v) is 7.08. The fourth-order valence-electron chi connectivity index (χ4n) is 5.00. The lowest BCUT2D eigenvalue weighted by molar-refractivity contribution is -0.137. The molecule has 8 nitrogen and oxygen atoms in total. The number of hydrogen-bond acceptors (Lipinski definition) is 5. The van der Waals surface area contributed by atoms with Crippen molar-refractivity contribution in [1.29, 1.82) is 0 Å². The molecule has 2 N–H and O–H groups in total. The maximum absolute atomic E-state index is 13.9. The number of fused-ring (bicyclic) bond motifs is 1. The highest BCUT2D eigenvalue weighted by Gasteiger charge is 2.35. The highest BCUT2D eigenvalue weighted by Crippen LogP contribution is 2.31. The molecule has 0 spiro atoms. The lowest BCUT2D eigenvalue weighted by Crippen LogP contribution is -2.46. The number of anilines is 2. The summed E-state index contributed by atoms with van der Waals surface area (Å²) in [5.74, 6) is 1.58. The van der Waals surface area contributed by atoms with Crippen LogP contribution in [0.25, 0.3) is 11.0 Å². The topological polar surface area (TPSA) is 82.5 Å². The van der Waals surface area contributed by atoms with E-state index in [0.717, 1.165) is 60.8 Å². The van der Waals surface area contributed by atoms with Crippen LogP contribution in [0.4, 0.5) is 11.6 Å². The number of imidazole rings is 1. The Morgan fingerprint density at radius 2 is 1.60 bits per heavy atom. The van der Waals surface area contributed by atoms with Crippen molar-refractivity contribution < 1.29 is 9.59 Å². The molecule has 0 bridgehead atoms. The molecule has 0 fully saturated rings. The Labute approximate surface area is 240 Å². The van der Waals surface area contributed by atoms with Gasteiger partial charge in [0.05, 0.1) is 16.4 Å². The van der Waals surface area contributed by atoms with Gasteiger partial charge in [-0.2, -0.15) is 0 Å². The van der Waals surface area contributed by atoms with Crippen LogP contribution in [0.3, 0.4) is 0 Å². The van der Waals surface area contributed by atoms with Crippen LogP contribution in [0.5, 0.6) is 0 Å². The molecule has 0 aliphatic rings. The number of nitrogens with zero attached hydrogens (tertiary/aromatic N) is 4. The minimum absolute atomic E-state index is 0.118. The molecule has 2 amide bonds. The fourth-order valence-corrected chi connectivity index (χ4v) is 5.00. The van der Waals surface area contributed by atoms with Crippen molar-refractivity contribution in [1.82, 2.24) is 24.7 Å². The first-order chi connectivity index (χ1) is 18.8. The Morgan fingerprint density at radius 1 is 0.975 bits per heavy atom. The maximum Gasteiger partial charge on any atom is 0.251 e. The zero-order chi connectivity index (χ0) is 29.6. The van der Waals surface area contributed by atoms with E-state index in [9.17, 15) is 9.59 Å². The molecule has 2 aromatic carbocycles. The third kappa shape index (κ3) is 7.62. The molecule has 0 aliphatic carbocycles. The molecule has 1 heterocycles. The molecule has 0 radical (unpaired) electrons. The summed E-state index contributed by atoms with van der Waals surface area (Å²) in [5, 5.41) is 6.11. The van der Waals surface area contributed by atoms with Gasteiger partial charge in [0, 0.05) is 37.9 Å². The van der Waals surface area contributed by atoms with E-state index in [0.29, 0.717) is 17.4 Å². The summed E-state index contributed by atoms with van der Waals surface area (Å²) in [6, 6.07) is 13.6. The SMILES string of the molecule is CNC(=O)c1ccc(Nc2nc3ccc(C(C)(C)C(=O)N(CC(C)C)CC(C)C)cc3n2CCCN(C)C)cc1. The lowest BCUT2D eigenvalue weighted by atomic mass is 9.82. The molecule has 0 atom stereocenters. The summed E-state index contributed by atoms with van der Waals surface area (Å²) < 4.78 is 2.20. The predicted octanol–water partition coefficient (Wildman–Crippen LogP) is 5.51. The van der Waals surface area contributed by atoms with Crippen LogP contribution in [0.1, 0.15) is 63.9 Å². The lowest BCUT2D eigenvalue weighted by Gasteiger charge is -2.34. The van der Waals surface area contributed by atoms with Crippen LogP contribution in [-0.2, 0) is 16.8 Å². The van der Waals surface area contributed by atoms with Crippen LogP contribution in [0.15, 0.2) is 42.5 Å². The zero-order valence-corrected chi connectivity index (χ0v) is 25.8.